The van der Waals surface area contributed by atoms with Crippen molar-refractivity contribution in [1.82, 2.24) is 0 Å². The number of nitrogens with zero attached hydrogens (tertiary/aromatic N) is 3. The number of methoxy groups -OCH3 is 1. The fourth-order valence-electron chi connectivity index (χ4n) is 16.2. The van der Waals surface area contributed by atoms with Gasteiger partial charge in [-0.25, -0.2) is 0 Å². The summed E-state index contributed by atoms with van der Waals surface area (Å²) in [4.78, 5) is 3.37. The predicted octanol–water partition coefficient (Wildman–Crippen LogP) is 21.0. The molecule has 1 N–H and O–H groups in total. The number of aliphatic hydroxyl groups is 1. The van der Waals surface area contributed by atoms with Gasteiger partial charge in [0.2, 0.25) is 0 Å². The van der Waals surface area contributed by atoms with Gasteiger partial charge in [-0.1, -0.05) is 374 Å². The molecule has 10 aromatic carbocycles. The second-order valence-corrected chi connectivity index (χ2v) is 32.9. The van der Waals surface area contributed by atoms with Crippen LogP contribution in [0.1, 0.15) is 140 Å². The number of allylic oxidation sites excluding steroid dienone is 1. The van der Waals surface area contributed by atoms with Crippen LogP contribution >= 0.6 is 0 Å². The zero-order chi connectivity index (χ0) is 88.0. The summed E-state index contributed by atoms with van der Waals surface area (Å²) < 4.78 is 122. The van der Waals surface area contributed by atoms with Crippen molar-refractivity contribution in [2.24, 2.45) is 5.11 Å². The summed E-state index contributed by atoms with van der Waals surface area (Å²) in [5, 5.41) is 17.8. The first-order valence-electron chi connectivity index (χ1n) is 45.6. The molecular formula is C107H127N3O18. The number of rotatable bonds is 56. The predicted molar refractivity (Wildman–Crippen MR) is 491 cm³/mol. The number of hydrogen-bond donors (Lipinski definition) is 1. The van der Waals surface area contributed by atoms with Gasteiger partial charge < -0.3 is 85.6 Å². The second-order valence-electron chi connectivity index (χ2n) is 32.9. The summed E-state index contributed by atoms with van der Waals surface area (Å²) >= 11 is 0. The monoisotopic (exact) mass is 1740 g/mol. The molecule has 0 spiro atoms. The molecule has 21 nitrogen and oxygen atoms in total. The number of aliphatic hydroxyl groups excluding tert-OH is 1. The largest absolute Gasteiger partial charge is 0.497 e. The second kappa shape index (κ2) is 54.8. The van der Waals surface area contributed by atoms with Crippen LogP contribution in [0.25, 0.3) is 10.4 Å². The number of azide groups is 1. The van der Waals surface area contributed by atoms with E-state index < -0.39 is 104 Å². The van der Waals surface area contributed by atoms with Crippen LogP contribution in [0, 0.1) is 0 Å². The van der Waals surface area contributed by atoms with Crippen LogP contribution in [0.5, 0.6) is 5.75 Å². The van der Waals surface area contributed by atoms with Crippen LogP contribution in [-0.2, 0) is 142 Å². The minimum absolute atomic E-state index is 0.0116. The summed E-state index contributed by atoms with van der Waals surface area (Å²) in [6.45, 7) is 3.14. The third kappa shape index (κ3) is 31.3. The van der Waals surface area contributed by atoms with E-state index in [4.69, 9.17) is 80.5 Å². The summed E-state index contributed by atoms with van der Waals surface area (Å²) in [6.07, 6.45) is -0.0902. The lowest BCUT2D eigenvalue weighted by Gasteiger charge is -2.51. The van der Waals surface area contributed by atoms with Crippen molar-refractivity contribution in [3.63, 3.8) is 0 Å². The van der Waals surface area contributed by atoms with Gasteiger partial charge in [-0.2, -0.15) is 0 Å². The zero-order valence-corrected chi connectivity index (χ0v) is 73.9. The number of benzene rings is 10. The van der Waals surface area contributed by atoms with Gasteiger partial charge >= 0.3 is 0 Å². The van der Waals surface area contributed by atoms with Crippen LogP contribution in [0.15, 0.2) is 315 Å². The van der Waals surface area contributed by atoms with Gasteiger partial charge in [0, 0.05) is 4.91 Å². The van der Waals surface area contributed by atoms with Gasteiger partial charge in [-0.15, -0.1) is 0 Å². The molecule has 17 atom stereocenters. The van der Waals surface area contributed by atoms with E-state index in [0.717, 1.165) is 74.9 Å². The van der Waals surface area contributed by atoms with Crippen molar-refractivity contribution in [2.45, 2.75) is 254 Å². The quantitative estimate of drug-likeness (QED) is 0.0123. The van der Waals surface area contributed by atoms with Gasteiger partial charge in [0.05, 0.1) is 112 Å². The van der Waals surface area contributed by atoms with Crippen LogP contribution in [0.4, 0.5) is 0 Å². The van der Waals surface area contributed by atoms with Crippen LogP contribution in [0.3, 0.4) is 0 Å². The molecule has 0 aliphatic carbocycles. The Morgan fingerprint density at radius 3 is 1.02 bits per heavy atom. The maximum atomic E-state index is 13.5. The highest BCUT2D eigenvalue weighted by molar-refractivity contribution is 5.27. The zero-order valence-electron chi connectivity index (χ0n) is 73.9. The van der Waals surface area contributed by atoms with Gasteiger partial charge in [-0.3, -0.25) is 0 Å². The van der Waals surface area contributed by atoms with Gasteiger partial charge in [0.1, 0.15) is 79.0 Å². The first-order chi connectivity index (χ1) is 63.3. The highest BCUT2D eigenvalue weighted by Gasteiger charge is 2.57. The maximum absolute atomic E-state index is 13.5. The molecule has 0 aromatic heterocycles. The molecule has 3 saturated heterocycles. The van der Waals surface area contributed by atoms with Crippen LogP contribution in [-0.4, -0.2) is 143 Å². The van der Waals surface area contributed by atoms with E-state index in [-0.39, 0.29) is 92.5 Å². The Labute approximate surface area is 755 Å². The summed E-state index contributed by atoms with van der Waals surface area (Å²) in [5.74, 6) is 0.695. The molecule has 678 valence electrons. The first-order valence-corrected chi connectivity index (χ1v) is 45.6. The molecule has 0 saturated carbocycles. The molecule has 0 bridgehead atoms. The number of ether oxygens (including phenoxy) is 17. The average Bonchev–Trinajstić information content (AvgIpc) is 0.779. The smallest absolute Gasteiger partial charge is 0.187 e. The molecule has 128 heavy (non-hydrogen) atoms. The third-order valence-corrected chi connectivity index (χ3v) is 23.2. The molecule has 13 rings (SSSR count). The van der Waals surface area contributed by atoms with E-state index in [1.807, 2.05) is 303 Å². The molecule has 10 aromatic rings. The molecule has 3 aliphatic heterocycles. The highest BCUT2D eigenvalue weighted by Crippen LogP contribution is 2.40. The Kier molecular flexibility index (Phi) is 41.0. The maximum Gasteiger partial charge on any atom is 0.187 e. The van der Waals surface area contributed by atoms with Crippen molar-refractivity contribution in [1.29, 1.82) is 0 Å². The van der Waals surface area contributed by atoms with Crippen molar-refractivity contribution in [3.8, 4) is 5.75 Å². The normalized spacial score (nSPS) is 22.8. The lowest BCUT2D eigenvalue weighted by atomic mass is 9.95. The standard InChI is InChI=1S/C107H127N3O18/c1-3-4-5-6-7-8-9-10-11-12-13-14-42-61-92(116-69-83-49-30-18-31-50-83)91(109-110-108)76-123-105-96(111)100(118-71-85-53-34-20-35-54-85)98(94(124-105)78-114-67-81-45-26-16-27-46-81)127-107-104(122-74-88-59-40-23-41-60-88)102(120-72-86-55-36-21-37-56-86)99(95(126-107)79-115-68-82-47-28-17-29-48-82)128-106-103(121-73-87-57-38-22-39-58-87)101(119-75-89-62-64-90(112-2)65-63-89)97(117-70-84-51-32-19-33-52-84)93(125-106)77-113-66-80-43-24-15-25-44-80/h15-65,91-107,111H,3-14,66-79H2,1-2H3/t91-,92-,93?,94?,95?,96?,97+,98+,99+,100-,101+,102+,103?,104?,105-,106+,107+/m1/s1. The molecule has 0 amide bonds. The Hall–Kier alpha value is -9.63. The van der Waals surface area contributed by atoms with E-state index in [1.165, 1.54) is 57.8 Å². The van der Waals surface area contributed by atoms with E-state index in [9.17, 15) is 10.6 Å². The SMILES string of the molecule is CCCCCCCCCCCCCC=C[C@@H](OCc1ccccc1)[C@@H](CO[C@@H]1OC(COCc2ccccc2)[C@H](O[C@@H]2OC(COCc3ccccc3)[C@H](O[C@@H]3OC(COCc4ccccc4)[C@H](OCc4ccccc4)[C@H](OCc4ccc(OC)cc4)C3OCc3ccccc3)[C@H](OCc3ccccc3)C2OCc2ccccc2)[C@H](OCc2ccccc2)C1O)N=[N+]=[N-]. The average molecular weight is 1740 g/mol. The van der Waals surface area contributed by atoms with Crippen molar-refractivity contribution in [3.05, 3.63) is 375 Å². The van der Waals surface area contributed by atoms with Gasteiger partial charge in [-0.05, 0) is 86.1 Å². The lowest BCUT2D eigenvalue weighted by molar-refractivity contribution is -0.394. The fraction of sp³-hybridized carbons (Fsp3) is 0.421. The van der Waals surface area contributed by atoms with E-state index >= 15 is 0 Å². The first kappa shape index (κ1) is 95.9. The molecule has 3 aliphatic rings. The summed E-state index contributed by atoms with van der Waals surface area (Å²) in [6, 6.07) is 95.8. The fourth-order valence-corrected chi connectivity index (χ4v) is 16.2. The van der Waals surface area contributed by atoms with E-state index in [2.05, 4.69) is 23.0 Å². The lowest BCUT2D eigenvalue weighted by Crippen LogP contribution is -2.68. The molecule has 6 unspecified atom stereocenters. The number of hydrogen-bond acceptors (Lipinski definition) is 19. The molecule has 3 fully saturated rings. The third-order valence-electron chi connectivity index (χ3n) is 23.2. The Bertz CT molecular complexity index is 4680. The van der Waals surface area contributed by atoms with Crippen LogP contribution < -0.4 is 4.74 Å². The minimum Gasteiger partial charge on any atom is -0.497 e. The molecule has 3 heterocycles. The van der Waals surface area contributed by atoms with Crippen molar-refractivity contribution in [2.75, 3.05) is 33.5 Å². The van der Waals surface area contributed by atoms with Crippen molar-refractivity contribution < 1.29 is 85.6 Å². The summed E-state index contributed by atoms with van der Waals surface area (Å²) in [5.41, 5.74) is 19.3. The summed E-state index contributed by atoms with van der Waals surface area (Å²) in [7, 11) is 1.64. The van der Waals surface area contributed by atoms with E-state index in [1.54, 1.807) is 7.11 Å². The topological polar surface area (TPSA) is 226 Å². The minimum atomic E-state index is -1.60. The number of unbranched alkanes of at least 4 members (excludes halogenated alkanes) is 11. The Balaban J connectivity index is 0.883. The molecule has 0 radical (unpaired) electrons. The molecular weight excluding hydrogens is 1620 g/mol. The van der Waals surface area contributed by atoms with Crippen LogP contribution in [0.2, 0.25) is 0 Å². The van der Waals surface area contributed by atoms with Crippen molar-refractivity contribution >= 4 is 0 Å². The van der Waals surface area contributed by atoms with E-state index in [0.29, 0.717) is 5.75 Å². The van der Waals surface area contributed by atoms with Gasteiger partial charge in [0.15, 0.2) is 18.9 Å². The van der Waals surface area contributed by atoms with Gasteiger partial charge in [0.25, 0.3) is 0 Å². The Morgan fingerprint density at radius 2 is 0.641 bits per heavy atom. The molecule has 21 heteroatoms. The highest BCUT2D eigenvalue weighted by atomic mass is 16.8. The Morgan fingerprint density at radius 1 is 0.336 bits per heavy atom.